The zero-order valence-corrected chi connectivity index (χ0v) is 12.6. The molecule has 0 saturated carbocycles. The molecule has 1 heterocycles. The van der Waals surface area contributed by atoms with Crippen molar-refractivity contribution in [1.82, 2.24) is 4.90 Å². The van der Waals surface area contributed by atoms with Gasteiger partial charge in [0.2, 0.25) is 11.8 Å². The summed E-state index contributed by atoms with van der Waals surface area (Å²) in [6.07, 6.45) is 0.678. The van der Waals surface area contributed by atoms with E-state index in [9.17, 15) is 19.2 Å². The highest BCUT2D eigenvalue weighted by molar-refractivity contribution is 8.00. The van der Waals surface area contributed by atoms with Gasteiger partial charge in [-0.1, -0.05) is 6.58 Å². The Balaban J connectivity index is 2.48. The van der Waals surface area contributed by atoms with E-state index in [1.807, 2.05) is 0 Å². The lowest BCUT2D eigenvalue weighted by Crippen LogP contribution is -2.33. The molecule has 1 aliphatic rings. The van der Waals surface area contributed by atoms with Gasteiger partial charge in [0.25, 0.3) is 0 Å². The van der Waals surface area contributed by atoms with Crippen molar-refractivity contribution in [3.05, 3.63) is 12.2 Å². The fourth-order valence-corrected chi connectivity index (χ4v) is 3.01. The van der Waals surface area contributed by atoms with Crippen LogP contribution in [0.4, 0.5) is 0 Å². The van der Waals surface area contributed by atoms with E-state index in [1.165, 1.54) is 18.7 Å². The summed E-state index contributed by atoms with van der Waals surface area (Å²) in [6.45, 7) is 6.76. The van der Waals surface area contributed by atoms with E-state index in [-0.39, 0.29) is 42.8 Å². The first-order valence-electron chi connectivity index (χ1n) is 6.47. The maximum atomic E-state index is 12.0. The Kier molecular flexibility index (Phi) is 6.13. The Labute approximate surface area is 122 Å². The van der Waals surface area contributed by atoms with Gasteiger partial charge in [0.05, 0.1) is 5.25 Å². The van der Waals surface area contributed by atoms with E-state index in [0.29, 0.717) is 17.7 Å². The van der Waals surface area contributed by atoms with Crippen LogP contribution in [0.25, 0.3) is 0 Å². The van der Waals surface area contributed by atoms with Crippen LogP contribution in [0.5, 0.6) is 0 Å². The van der Waals surface area contributed by atoms with Crippen molar-refractivity contribution in [1.29, 1.82) is 0 Å². The zero-order valence-electron chi connectivity index (χ0n) is 11.8. The molecule has 0 spiro atoms. The smallest absolute Gasteiger partial charge is 0.242 e. The van der Waals surface area contributed by atoms with Gasteiger partial charge in [0.1, 0.15) is 5.78 Å². The number of carbonyl (C=O) groups excluding carboxylic acids is 4. The van der Waals surface area contributed by atoms with Gasteiger partial charge in [-0.25, -0.2) is 0 Å². The van der Waals surface area contributed by atoms with Crippen LogP contribution in [0.15, 0.2) is 12.2 Å². The molecule has 0 aromatic rings. The van der Waals surface area contributed by atoms with Crippen LogP contribution in [-0.2, 0) is 19.2 Å². The average Bonchev–Trinajstić information content (AvgIpc) is 2.61. The monoisotopic (exact) mass is 297 g/mol. The highest BCUT2D eigenvalue weighted by atomic mass is 32.2. The van der Waals surface area contributed by atoms with Crippen molar-refractivity contribution in [3.8, 4) is 0 Å². The molecule has 0 aliphatic carbocycles. The van der Waals surface area contributed by atoms with Gasteiger partial charge < -0.3 is 0 Å². The summed E-state index contributed by atoms with van der Waals surface area (Å²) in [5.41, 5.74) is 0.427. The molecule has 1 saturated heterocycles. The number of nitrogens with zero attached hydrogens (tertiary/aromatic N) is 1. The molecule has 20 heavy (non-hydrogen) atoms. The second-order valence-corrected chi connectivity index (χ2v) is 6.16. The number of carbonyl (C=O) groups is 4. The van der Waals surface area contributed by atoms with E-state index < -0.39 is 5.25 Å². The lowest BCUT2D eigenvalue weighted by Gasteiger charge is -2.14. The first-order chi connectivity index (χ1) is 9.32. The minimum Gasteiger partial charge on any atom is -0.300 e. The van der Waals surface area contributed by atoms with Gasteiger partial charge in [-0.15, -0.1) is 11.8 Å². The molecular formula is C14H19NO4S. The van der Waals surface area contributed by atoms with Crippen LogP contribution in [-0.4, -0.2) is 45.8 Å². The third kappa shape index (κ3) is 4.59. The topological polar surface area (TPSA) is 71.5 Å². The molecular weight excluding hydrogens is 278 g/mol. The molecule has 0 bridgehead atoms. The van der Waals surface area contributed by atoms with Crippen LogP contribution in [0, 0.1) is 0 Å². The van der Waals surface area contributed by atoms with Gasteiger partial charge in [0.15, 0.2) is 5.78 Å². The van der Waals surface area contributed by atoms with Crippen molar-refractivity contribution in [3.63, 3.8) is 0 Å². The Morgan fingerprint density at radius 2 is 1.95 bits per heavy atom. The van der Waals surface area contributed by atoms with Gasteiger partial charge >= 0.3 is 0 Å². The zero-order chi connectivity index (χ0) is 15.3. The van der Waals surface area contributed by atoms with E-state index in [2.05, 4.69) is 6.58 Å². The summed E-state index contributed by atoms with van der Waals surface area (Å²) in [4.78, 5) is 47.2. The SMILES string of the molecule is C=C(C)C(=O)CCN1C(=O)CC(SCCC(C)=O)C1=O. The number of amides is 2. The average molecular weight is 297 g/mol. The fourth-order valence-electron chi connectivity index (χ4n) is 1.79. The van der Waals surface area contributed by atoms with E-state index >= 15 is 0 Å². The summed E-state index contributed by atoms with van der Waals surface area (Å²) in [5, 5.41) is -0.415. The van der Waals surface area contributed by atoms with Crippen LogP contribution < -0.4 is 0 Å². The normalized spacial score (nSPS) is 18.5. The Morgan fingerprint density at radius 1 is 1.30 bits per heavy atom. The second-order valence-electron chi connectivity index (χ2n) is 4.85. The van der Waals surface area contributed by atoms with Gasteiger partial charge in [-0.2, -0.15) is 0 Å². The molecule has 5 nitrogen and oxygen atoms in total. The van der Waals surface area contributed by atoms with Crippen LogP contribution in [0.1, 0.15) is 33.1 Å². The fraction of sp³-hybridized carbons (Fsp3) is 0.571. The predicted molar refractivity (Wildman–Crippen MR) is 77.3 cm³/mol. The van der Waals surface area contributed by atoms with Gasteiger partial charge in [0, 0.05) is 31.6 Å². The van der Waals surface area contributed by atoms with Crippen molar-refractivity contribution < 1.29 is 19.2 Å². The van der Waals surface area contributed by atoms with E-state index in [4.69, 9.17) is 0 Å². The minimum absolute atomic E-state index is 0.0678. The lowest BCUT2D eigenvalue weighted by atomic mass is 10.1. The number of hydrogen-bond acceptors (Lipinski definition) is 5. The molecule has 6 heteroatoms. The van der Waals surface area contributed by atoms with Crippen LogP contribution in [0.2, 0.25) is 0 Å². The number of ketones is 2. The number of imide groups is 1. The summed E-state index contributed by atoms with van der Waals surface area (Å²) in [5.74, 6) is -0.0308. The minimum atomic E-state index is -0.415. The molecule has 1 fully saturated rings. The molecule has 0 aromatic heterocycles. The van der Waals surface area contributed by atoms with Gasteiger partial charge in [-0.05, 0) is 19.4 Å². The van der Waals surface area contributed by atoms with E-state index in [0.717, 1.165) is 4.90 Å². The molecule has 1 aliphatic heterocycles. The number of hydrogen-bond donors (Lipinski definition) is 0. The summed E-state index contributed by atoms with van der Waals surface area (Å²) >= 11 is 1.33. The second kappa shape index (κ2) is 7.38. The maximum Gasteiger partial charge on any atom is 0.242 e. The maximum absolute atomic E-state index is 12.0. The molecule has 1 rings (SSSR count). The number of thioether (sulfide) groups is 1. The van der Waals surface area contributed by atoms with Crippen molar-refractivity contribution in [2.24, 2.45) is 0 Å². The number of allylic oxidation sites excluding steroid dienone is 1. The van der Waals surface area contributed by atoms with Crippen molar-refractivity contribution in [2.45, 2.75) is 38.4 Å². The Hall–Kier alpha value is -1.43. The standard InChI is InChI=1S/C14H19NO4S/c1-9(2)11(17)4-6-15-13(18)8-12(14(15)19)20-7-5-10(3)16/h12H,1,4-8H2,2-3H3. The first-order valence-corrected chi connectivity index (χ1v) is 7.51. The highest BCUT2D eigenvalue weighted by Crippen LogP contribution is 2.26. The molecule has 1 unspecified atom stereocenters. The summed E-state index contributed by atoms with van der Waals surface area (Å²) < 4.78 is 0. The summed E-state index contributed by atoms with van der Waals surface area (Å²) in [7, 11) is 0. The van der Waals surface area contributed by atoms with Gasteiger partial charge in [-0.3, -0.25) is 24.1 Å². The number of rotatable bonds is 8. The quantitative estimate of drug-likeness (QED) is 0.500. The molecule has 0 radical (unpaired) electrons. The Morgan fingerprint density at radius 3 is 2.50 bits per heavy atom. The highest BCUT2D eigenvalue weighted by Gasteiger charge is 2.38. The third-order valence-corrected chi connectivity index (χ3v) is 4.22. The van der Waals surface area contributed by atoms with E-state index in [1.54, 1.807) is 6.92 Å². The summed E-state index contributed by atoms with van der Waals surface area (Å²) in [6, 6.07) is 0. The Bertz CT molecular complexity index is 458. The third-order valence-electron chi connectivity index (χ3n) is 3.01. The molecule has 0 N–H and O–H groups in total. The molecule has 0 aromatic carbocycles. The van der Waals surface area contributed by atoms with Crippen LogP contribution in [0.3, 0.4) is 0 Å². The molecule has 2 amide bonds. The van der Waals surface area contributed by atoms with Crippen molar-refractivity contribution >= 4 is 35.1 Å². The van der Waals surface area contributed by atoms with Crippen molar-refractivity contribution in [2.75, 3.05) is 12.3 Å². The van der Waals surface area contributed by atoms with Crippen LogP contribution >= 0.6 is 11.8 Å². The number of likely N-dealkylation sites (tertiary alicyclic amines) is 1. The lowest BCUT2D eigenvalue weighted by molar-refractivity contribution is -0.138. The number of Topliss-reactive ketones (excluding diaryl/α,β-unsaturated/α-hetero) is 2. The molecule has 110 valence electrons. The largest absolute Gasteiger partial charge is 0.300 e. The molecule has 1 atom stereocenters. The predicted octanol–water partition coefficient (Wildman–Crippen LogP) is 1.36. The first kappa shape index (κ1) is 16.6.